The average Bonchev–Trinajstić information content (AvgIpc) is 3.29. The van der Waals surface area contributed by atoms with Crippen molar-refractivity contribution in [3.8, 4) is 0 Å². The molecule has 162 valence electrons. The number of hydrogen-bond acceptors (Lipinski definition) is 6. The van der Waals surface area contributed by atoms with Gasteiger partial charge in [-0.25, -0.2) is 18.4 Å². The summed E-state index contributed by atoms with van der Waals surface area (Å²) in [5.74, 6) is 0.0400. The SMILES string of the molecule is CCS(=O)(=O)c1ncc(CN(C)C(C)c2nc(C)sc2C)n1CCc1ccccc1. The van der Waals surface area contributed by atoms with Gasteiger partial charge in [0.15, 0.2) is 0 Å². The summed E-state index contributed by atoms with van der Waals surface area (Å²) in [7, 11) is -1.36. The van der Waals surface area contributed by atoms with Gasteiger partial charge in [0, 0.05) is 18.0 Å². The molecule has 3 rings (SSSR count). The monoisotopic (exact) mass is 446 g/mol. The minimum Gasteiger partial charge on any atom is -0.317 e. The Morgan fingerprint density at radius 3 is 2.50 bits per heavy atom. The molecule has 2 heterocycles. The molecule has 0 bridgehead atoms. The number of nitrogens with zero attached hydrogens (tertiary/aromatic N) is 4. The molecule has 0 saturated carbocycles. The van der Waals surface area contributed by atoms with Gasteiger partial charge in [-0.15, -0.1) is 11.3 Å². The van der Waals surface area contributed by atoms with Crippen molar-refractivity contribution >= 4 is 21.2 Å². The highest BCUT2D eigenvalue weighted by Gasteiger charge is 2.24. The fraction of sp³-hybridized carbons (Fsp3) is 0.455. The van der Waals surface area contributed by atoms with E-state index in [-0.39, 0.29) is 17.0 Å². The van der Waals surface area contributed by atoms with E-state index in [1.165, 1.54) is 10.4 Å². The standard InChI is InChI=1S/C22H30N4O2S2/c1-6-30(27,28)22-23-14-20(26(22)13-12-19-10-8-7-9-11-19)15-25(5)16(2)21-17(3)29-18(4)24-21/h7-11,14,16H,6,12-13,15H2,1-5H3. The van der Waals surface area contributed by atoms with Crippen molar-refractivity contribution in [1.29, 1.82) is 0 Å². The Hall–Kier alpha value is -2.03. The molecule has 6 nitrogen and oxygen atoms in total. The number of aromatic nitrogens is 3. The molecule has 0 aliphatic rings. The van der Waals surface area contributed by atoms with Crippen molar-refractivity contribution in [3.05, 3.63) is 63.4 Å². The lowest BCUT2D eigenvalue weighted by molar-refractivity contribution is 0.241. The van der Waals surface area contributed by atoms with Crippen LogP contribution in [-0.4, -0.2) is 40.7 Å². The van der Waals surface area contributed by atoms with E-state index >= 15 is 0 Å². The second-order valence-corrected chi connectivity index (χ2v) is 11.2. The quantitative estimate of drug-likeness (QED) is 0.493. The van der Waals surface area contributed by atoms with E-state index in [9.17, 15) is 8.42 Å². The molecule has 0 aliphatic carbocycles. The van der Waals surface area contributed by atoms with Crippen LogP contribution in [0.3, 0.4) is 0 Å². The molecule has 0 fully saturated rings. The van der Waals surface area contributed by atoms with Gasteiger partial charge >= 0.3 is 0 Å². The third kappa shape index (κ3) is 4.99. The van der Waals surface area contributed by atoms with Crippen LogP contribution in [0.1, 0.15) is 46.7 Å². The van der Waals surface area contributed by atoms with Crippen molar-refractivity contribution in [2.45, 2.75) is 58.4 Å². The van der Waals surface area contributed by atoms with Crippen molar-refractivity contribution < 1.29 is 8.42 Å². The van der Waals surface area contributed by atoms with Gasteiger partial charge in [-0.2, -0.15) is 0 Å². The summed E-state index contributed by atoms with van der Waals surface area (Å²) >= 11 is 1.71. The molecule has 0 amide bonds. The predicted molar refractivity (Wildman–Crippen MR) is 122 cm³/mol. The van der Waals surface area contributed by atoms with Gasteiger partial charge in [0.25, 0.3) is 0 Å². The first-order valence-corrected chi connectivity index (χ1v) is 12.6. The van der Waals surface area contributed by atoms with Gasteiger partial charge in [-0.3, -0.25) is 4.90 Å². The maximum atomic E-state index is 12.6. The molecule has 0 spiro atoms. The van der Waals surface area contributed by atoms with E-state index in [1.807, 2.05) is 36.7 Å². The molecule has 8 heteroatoms. The first-order valence-electron chi connectivity index (χ1n) is 10.2. The molecule has 0 saturated heterocycles. The van der Waals surface area contributed by atoms with Crippen LogP contribution in [0.5, 0.6) is 0 Å². The van der Waals surface area contributed by atoms with E-state index < -0.39 is 9.84 Å². The summed E-state index contributed by atoms with van der Waals surface area (Å²) in [6, 6.07) is 10.2. The summed E-state index contributed by atoms with van der Waals surface area (Å²) in [5.41, 5.74) is 3.15. The van der Waals surface area contributed by atoms with Gasteiger partial charge in [-0.05, 0) is 39.8 Å². The van der Waals surface area contributed by atoms with Crippen LogP contribution >= 0.6 is 11.3 Å². The summed E-state index contributed by atoms with van der Waals surface area (Å²) in [4.78, 5) is 12.4. The van der Waals surface area contributed by atoms with Gasteiger partial charge in [0.1, 0.15) is 0 Å². The molecule has 0 N–H and O–H groups in total. The average molecular weight is 447 g/mol. The van der Waals surface area contributed by atoms with E-state index in [1.54, 1.807) is 24.5 Å². The Balaban J connectivity index is 1.87. The first kappa shape index (κ1) is 22.7. The summed E-state index contributed by atoms with van der Waals surface area (Å²) in [6.45, 7) is 9.08. The van der Waals surface area contributed by atoms with E-state index in [0.29, 0.717) is 13.1 Å². The number of aryl methyl sites for hydroxylation is 3. The lowest BCUT2D eigenvalue weighted by atomic mass is 10.1. The van der Waals surface area contributed by atoms with E-state index in [4.69, 9.17) is 0 Å². The Morgan fingerprint density at radius 2 is 1.90 bits per heavy atom. The topological polar surface area (TPSA) is 68.1 Å². The van der Waals surface area contributed by atoms with Crippen LogP contribution in [0.15, 0.2) is 41.7 Å². The Kier molecular flexibility index (Phi) is 7.10. The second kappa shape index (κ2) is 9.41. The molecule has 3 aromatic rings. The Bertz CT molecular complexity index is 1090. The number of imidazole rings is 1. The van der Waals surface area contributed by atoms with Gasteiger partial charge < -0.3 is 4.57 Å². The molecule has 1 atom stereocenters. The lowest BCUT2D eigenvalue weighted by Gasteiger charge is -2.24. The highest BCUT2D eigenvalue weighted by molar-refractivity contribution is 7.91. The van der Waals surface area contributed by atoms with Crippen LogP contribution in [0.25, 0.3) is 0 Å². The van der Waals surface area contributed by atoms with Crippen molar-refractivity contribution in [2.24, 2.45) is 0 Å². The van der Waals surface area contributed by atoms with Crippen LogP contribution in [0.2, 0.25) is 0 Å². The fourth-order valence-corrected chi connectivity index (χ4v) is 5.48. The highest BCUT2D eigenvalue weighted by atomic mass is 32.2. The summed E-state index contributed by atoms with van der Waals surface area (Å²) < 4.78 is 27.1. The first-order chi connectivity index (χ1) is 14.2. The molecule has 0 aliphatic heterocycles. The Labute approximate surface area is 183 Å². The number of sulfone groups is 1. The predicted octanol–water partition coefficient (Wildman–Crippen LogP) is 4.19. The summed E-state index contributed by atoms with van der Waals surface area (Å²) in [5, 5.41) is 1.23. The number of thiazole rings is 1. The minimum atomic E-state index is -3.40. The molecule has 1 aromatic carbocycles. The largest absolute Gasteiger partial charge is 0.317 e. The number of hydrogen-bond donors (Lipinski definition) is 0. The molecular weight excluding hydrogens is 416 g/mol. The molecule has 0 radical (unpaired) electrons. The molecule has 1 unspecified atom stereocenters. The van der Waals surface area contributed by atoms with Crippen molar-refractivity contribution in [2.75, 3.05) is 12.8 Å². The Morgan fingerprint density at radius 1 is 1.20 bits per heavy atom. The van der Waals surface area contributed by atoms with Crippen LogP contribution in [0.4, 0.5) is 0 Å². The maximum absolute atomic E-state index is 12.6. The summed E-state index contributed by atoms with van der Waals surface area (Å²) in [6.07, 6.45) is 2.45. The van der Waals surface area contributed by atoms with Gasteiger partial charge in [0.05, 0.1) is 34.4 Å². The zero-order valence-electron chi connectivity index (χ0n) is 18.3. The number of benzene rings is 1. The number of rotatable bonds is 9. The zero-order valence-corrected chi connectivity index (χ0v) is 19.9. The van der Waals surface area contributed by atoms with E-state index in [0.717, 1.165) is 22.8 Å². The third-order valence-corrected chi connectivity index (χ3v) is 7.98. The molecule has 30 heavy (non-hydrogen) atoms. The smallest absolute Gasteiger partial charge is 0.227 e. The van der Waals surface area contributed by atoms with Crippen LogP contribution < -0.4 is 0 Å². The normalized spacial score (nSPS) is 13.1. The minimum absolute atomic E-state index is 0.0400. The third-order valence-electron chi connectivity index (χ3n) is 5.43. The van der Waals surface area contributed by atoms with Crippen LogP contribution in [0, 0.1) is 13.8 Å². The maximum Gasteiger partial charge on any atom is 0.227 e. The van der Waals surface area contributed by atoms with Gasteiger partial charge in [-0.1, -0.05) is 37.3 Å². The zero-order chi connectivity index (χ0) is 21.9. The second-order valence-electron chi connectivity index (χ2n) is 7.59. The van der Waals surface area contributed by atoms with Crippen molar-refractivity contribution in [3.63, 3.8) is 0 Å². The van der Waals surface area contributed by atoms with Crippen LogP contribution in [-0.2, 0) is 29.3 Å². The molecular formula is C22H30N4O2S2. The van der Waals surface area contributed by atoms with Crippen molar-refractivity contribution in [1.82, 2.24) is 19.4 Å². The highest BCUT2D eigenvalue weighted by Crippen LogP contribution is 2.27. The lowest BCUT2D eigenvalue weighted by Crippen LogP contribution is -2.25. The molecule has 2 aromatic heterocycles. The fourth-order valence-electron chi connectivity index (χ4n) is 3.55. The van der Waals surface area contributed by atoms with E-state index in [2.05, 4.69) is 40.8 Å². The van der Waals surface area contributed by atoms with Gasteiger partial charge in [0.2, 0.25) is 15.0 Å².